The van der Waals surface area contributed by atoms with Gasteiger partial charge >= 0.3 is 0 Å². The van der Waals surface area contributed by atoms with Crippen LogP contribution in [0.3, 0.4) is 0 Å². The molecular formula is C19H28N2O2. The summed E-state index contributed by atoms with van der Waals surface area (Å²) < 4.78 is 10.8. The molecule has 1 aliphatic heterocycles. The van der Waals surface area contributed by atoms with Crippen LogP contribution in [-0.4, -0.2) is 44.0 Å². The second-order valence-corrected chi connectivity index (χ2v) is 7.37. The molecule has 2 fully saturated rings. The maximum Gasteiger partial charge on any atom is 0.160 e. The summed E-state index contributed by atoms with van der Waals surface area (Å²) in [5, 5.41) is 8.18. The largest absolute Gasteiger partial charge is 0.493 e. The van der Waals surface area contributed by atoms with Crippen molar-refractivity contribution in [3.8, 4) is 11.5 Å². The van der Waals surface area contributed by atoms with Crippen molar-refractivity contribution < 1.29 is 9.47 Å². The lowest BCUT2D eigenvalue weighted by molar-refractivity contribution is 0.0556. The van der Waals surface area contributed by atoms with Gasteiger partial charge in [0.15, 0.2) is 11.5 Å². The van der Waals surface area contributed by atoms with Crippen molar-refractivity contribution in [1.82, 2.24) is 4.90 Å². The van der Waals surface area contributed by atoms with Crippen molar-refractivity contribution in [2.45, 2.75) is 44.6 Å². The van der Waals surface area contributed by atoms with E-state index < -0.39 is 0 Å². The number of benzene rings is 1. The second kappa shape index (κ2) is 5.82. The minimum absolute atomic E-state index is 0.0928. The summed E-state index contributed by atoms with van der Waals surface area (Å²) in [6.45, 7) is 3.48. The van der Waals surface area contributed by atoms with E-state index in [0.717, 1.165) is 49.4 Å². The van der Waals surface area contributed by atoms with E-state index >= 15 is 0 Å². The van der Waals surface area contributed by atoms with E-state index in [2.05, 4.69) is 31.0 Å². The van der Waals surface area contributed by atoms with Gasteiger partial charge in [0, 0.05) is 17.7 Å². The predicted octanol–water partition coefficient (Wildman–Crippen LogP) is 3.53. The normalized spacial score (nSPS) is 31.0. The number of ether oxygens (including phenoxy) is 2. The Labute approximate surface area is 139 Å². The Kier molecular flexibility index (Phi) is 4.13. The quantitative estimate of drug-likeness (QED) is 0.924. The van der Waals surface area contributed by atoms with Gasteiger partial charge in [0.2, 0.25) is 0 Å². The van der Waals surface area contributed by atoms with Crippen molar-refractivity contribution >= 4 is 5.71 Å². The molecule has 1 aromatic rings. The van der Waals surface area contributed by atoms with Gasteiger partial charge in [-0.2, -0.15) is 0 Å². The summed E-state index contributed by atoms with van der Waals surface area (Å²) in [4.78, 5) is 2.47. The number of likely N-dealkylation sites (tertiary alicyclic amines) is 1. The Morgan fingerprint density at radius 3 is 2.61 bits per heavy atom. The minimum Gasteiger partial charge on any atom is -0.493 e. The molecule has 2 aliphatic rings. The van der Waals surface area contributed by atoms with Gasteiger partial charge in [-0.15, -0.1) is 0 Å². The number of methoxy groups -OCH3 is 2. The average Bonchev–Trinajstić information content (AvgIpc) is 2.79. The highest BCUT2D eigenvalue weighted by atomic mass is 16.5. The first-order chi connectivity index (χ1) is 10.9. The predicted molar refractivity (Wildman–Crippen MR) is 92.9 cm³/mol. The van der Waals surface area contributed by atoms with Crippen LogP contribution in [0.2, 0.25) is 0 Å². The van der Waals surface area contributed by atoms with E-state index in [1.54, 1.807) is 14.2 Å². The van der Waals surface area contributed by atoms with Crippen LogP contribution in [0.5, 0.6) is 11.5 Å². The van der Waals surface area contributed by atoms with Crippen LogP contribution in [0.1, 0.15) is 38.2 Å². The van der Waals surface area contributed by atoms with Gasteiger partial charge in [0.25, 0.3) is 0 Å². The van der Waals surface area contributed by atoms with E-state index in [-0.39, 0.29) is 11.0 Å². The fourth-order valence-electron chi connectivity index (χ4n) is 4.66. The highest BCUT2D eigenvalue weighted by molar-refractivity contribution is 5.83. The molecule has 0 radical (unpaired) electrons. The maximum atomic E-state index is 8.18. The van der Waals surface area contributed by atoms with Gasteiger partial charge in [-0.05, 0) is 69.3 Å². The Bertz CT molecular complexity index is 615. The van der Waals surface area contributed by atoms with Crippen molar-refractivity contribution in [2.75, 3.05) is 27.8 Å². The second-order valence-electron chi connectivity index (χ2n) is 7.37. The SMILES string of the molecule is COc1ccc(C[C@@]23CCC(=N)C[C@]2(C)N(C)CC3)cc1OC. The van der Waals surface area contributed by atoms with E-state index in [4.69, 9.17) is 14.9 Å². The molecule has 126 valence electrons. The third-order valence-electron chi connectivity index (χ3n) is 6.36. The first-order valence-electron chi connectivity index (χ1n) is 8.42. The molecule has 0 unspecified atom stereocenters. The lowest BCUT2D eigenvalue weighted by Gasteiger charge is -2.50. The molecule has 1 saturated carbocycles. The Balaban J connectivity index is 1.93. The van der Waals surface area contributed by atoms with Crippen LogP contribution in [0.15, 0.2) is 18.2 Å². The Morgan fingerprint density at radius 1 is 1.17 bits per heavy atom. The average molecular weight is 316 g/mol. The number of hydrogen-bond acceptors (Lipinski definition) is 4. The molecule has 4 heteroatoms. The first-order valence-corrected chi connectivity index (χ1v) is 8.42. The maximum absolute atomic E-state index is 8.18. The topological polar surface area (TPSA) is 45.5 Å². The van der Waals surface area contributed by atoms with Gasteiger partial charge in [0.05, 0.1) is 14.2 Å². The molecule has 1 heterocycles. The lowest BCUT2D eigenvalue weighted by Crippen LogP contribution is -2.55. The molecule has 0 aromatic heterocycles. The summed E-state index contributed by atoms with van der Waals surface area (Å²) >= 11 is 0. The fraction of sp³-hybridized carbons (Fsp3) is 0.632. The van der Waals surface area contributed by atoms with Gasteiger partial charge < -0.3 is 14.9 Å². The monoisotopic (exact) mass is 316 g/mol. The third-order valence-corrected chi connectivity index (χ3v) is 6.36. The van der Waals surface area contributed by atoms with Crippen LogP contribution in [0.25, 0.3) is 0 Å². The molecule has 1 saturated heterocycles. The summed E-state index contributed by atoms with van der Waals surface area (Å²) in [5.41, 5.74) is 2.56. The minimum atomic E-state index is 0.0928. The van der Waals surface area contributed by atoms with E-state index in [1.165, 1.54) is 12.0 Å². The number of nitrogens with zero attached hydrogens (tertiary/aromatic N) is 1. The molecule has 1 aromatic carbocycles. The summed E-state index contributed by atoms with van der Waals surface area (Å²) in [5.74, 6) is 1.59. The van der Waals surface area contributed by atoms with Gasteiger partial charge in [-0.3, -0.25) is 4.90 Å². The fourth-order valence-corrected chi connectivity index (χ4v) is 4.66. The van der Waals surface area contributed by atoms with Gasteiger partial charge in [-0.25, -0.2) is 0 Å². The smallest absolute Gasteiger partial charge is 0.160 e. The number of rotatable bonds is 4. The van der Waals surface area contributed by atoms with Crippen molar-refractivity contribution in [3.05, 3.63) is 23.8 Å². The molecule has 23 heavy (non-hydrogen) atoms. The molecule has 1 N–H and O–H groups in total. The van der Waals surface area contributed by atoms with E-state index in [1.807, 2.05) is 6.07 Å². The molecule has 0 amide bonds. The standard InChI is InChI=1S/C19H28N2O2/c1-18-13-15(20)7-8-19(18,9-10-21(18)2)12-14-5-6-16(22-3)17(11-14)23-4/h5-6,11,20H,7-10,12-13H2,1-4H3/t18-,19-/m0/s1. The molecule has 1 aliphatic carbocycles. The number of nitrogens with one attached hydrogen (secondary N) is 1. The highest BCUT2D eigenvalue weighted by Gasteiger charge is 2.56. The van der Waals surface area contributed by atoms with E-state index in [0.29, 0.717) is 0 Å². The number of fused-ring (bicyclic) bond motifs is 1. The van der Waals surface area contributed by atoms with Gasteiger partial charge in [-0.1, -0.05) is 6.07 Å². The summed E-state index contributed by atoms with van der Waals surface area (Å²) in [7, 11) is 5.58. The van der Waals surface area contributed by atoms with Crippen LogP contribution in [0, 0.1) is 10.8 Å². The molecular weight excluding hydrogens is 288 g/mol. The zero-order valence-corrected chi connectivity index (χ0v) is 14.7. The Morgan fingerprint density at radius 2 is 1.91 bits per heavy atom. The molecule has 0 spiro atoms. The third kappa shape index (κ3) is 2.53. The molecule has 3 rings (SSSR count). The van der Waals surface area contributed by atoms with Crippen molar-refractivity contribution in [3.63, 3.8) is 0 Å². The van der Waals surface area contributed by atoms with Crippen LogP contribution >= 0.6 is 0 Å². The van der Waals surface area contributed by atoms with E-state index in [9.17, 15) is 0 Å². The van der Waals surface area contributed by atoms with Crippen LogP contribution < -0.4 is 9.47 Å². The molecule has 2 atom stereocenters. The van der Waals surface area contributed by atoms with Crippen molar-refractivity contribution in [1.29, 1.82) is 5.41 Å². The number of hydrogen-bond donors (Lipinski definition) is 1. The summed E-state index contributed by atoms with van der Waals surface area (Å²) in [6.07, 6.45) is 5.21. The molecule has 4 nitrogen and oxygen atoms in total. The van der Waals surface area contributed by atoms with Gasteiger partial charge in [0.1, 0.15) is 0 Å². The first kappa shape index (κ1) is 16.3. The highest BCUT2D eigenvalue weighted by Crippen LogP contribution is 2.55. The summed E-state index contributed by atoms with van der Waals surface area (Å²) in [6, 6.07) is 6.28. The van der Waals surface area contributed by atoms with Crippen LogP contribution in [-0.2, 0) is 6.42 Å². The Hall–Kier alpha value is -1.55. The zero-order valence-electron chi connectivity index (χ0n) is 14.7. The zero-order chi connectivity index (χ0) is 16.7. The van der Waals surface area contributed by atoms with Crippen LogP contribution in [0.4, 0.5) is 0 Å². The lowest BCUT2D eigenvalue weighted by atomic mass is 9.59. The van der Waals surface area contributed by atoms with Crippen molar-refractivity contribution in [2.24, 2.45) is 5.41 Å². The molecule has 0 bridgehead atoms.